The Morgan fingerprint density at radius 3 is 2.40 bits per heavy atom. The lowest BCUT2D eigenvalue weighted by Gasteiger charge is -2.35. The number of amides is 3. The fraction of sp³-hybridized carbons (Fsp3) is 0.176. The van der Waals surface area contributed by atoms with Crippen molar-refractivity contribution in [3.8, 4) is 16.9 Å². The number of aryl methyl sites for hydroxylation is 1. The fourth-order valence-electron chi connectivity index (χ4n) is 5.43. The second kappa shape index (κ2) is 12.4. The Balaban J connectivity index is 1.08. The van der Waals surface area contributed by atoms with E-state index in [-0.39, 0.29) is 28.9 Å². The molecular formula is C34H31N5O6. The van der Waals surface area contributed by atoms with Gasteiger partial charge in [0.05, 0.1) is 30.2 Å². The minimum Gasteiger partial charge on any atom is -0.496 e. The Hall–Kier alpha value is -5.84. The topological polar surface area (TPSA) is 137 Å². The van der Waals surface area contributed by atoms with Crippen LogP contribution < -0.4 is 20.3 Å². The maximum absolute atomic E-state index is 13.2. The summed E-state index contributed by atoms with van der Waals surface area (Å²) in [4.78, 5) is 45.6. The number of fused-ring (bicyclic) bond motifs is 1. The molecule has 0 bridgehead atoms. The second-order valence-corrected chi connectivity index (χ2v) is 10.6. The number of ether oxygens (including phenoxy) is 1. The van der Waals surface area contributed by atoms with Gasteiger partial charge in [0.25, 0.3) is 5.91 Å². The predicted molar refractivity (Wildman–Crippen MR) is 171 cm³/mol. The SMILES string of the molecule is COc1ccccc1-c1ccc2oc(C(=O)Nc3ccc(N4CCN(C(=O)Nc5ccccc5C(=O)O)CC4)nc3)c(C)c2c1. The normalized spacial score (nSPS) is 13.0. The summed E-state index contributed by atoms with van der Waals surface area (Å²) in [6.07, 6.45) is 1.59. The highest BCUT2D eigenvalue weighted by atomic mass is 16.5. The number of hydrogen-bond acceptors (Lipinski definition) is 7. The van der Waals surface area contributed by atoms with Crippen molar-refractivity contribution in [3.05, 3.63) is 102 Å². The van der Waals surface area contributed by atoms with Crippen molar-refractivity contribution in [2.45, 2.75) is 6.92 Å². The molecule has 0 radical (unpaired) electrons. The molecule has 45 heavy (non-hydrogen) atoms. The Kier molecular flexibility index (Phi) is 8.06. The van der Waals surface area contributed by atoms with E-state index in [0.717, 1.165) is 27.8 Å². The fourth-order valence-corrected chi connectivity index (χ4v) is 5.43. The first kappa shape index (κ1) is 29.2. The van der Waals surface area contributed by atoms with Crippen molar-refractivity contribution < 1.29 is 28.6 Å². The number of nitrogens with zero attached hydrogens (tertiary/aromatic N) is 3. The number of methoxy groups -OCH3 is 1. The molecule has 0 unspecified atom stereocenters. The molecule has 1 aliphatic heterocycles. The quantitative estimate of drug-likeness (QED) is 0.202. The van der Waals surface area contributed by atoms with Crippen LogP contribution in [0.4, 0.5) is 22.0 Å². The van der Waals surface area contributed by atoms with Gasteiger partial charge in [-0.3, -0.25) is 4.79 Å². The van der Waals surface area contributed by atoms with Crippen molar-refractivity contribution in [1.82, 2.24) is 9.88 Å². The van der Waals surface area contributed by atoms with Gasteiger partial charge in [-0.15, -0.1) is 0 Å². The van der Waals surface area contributed by atoms with Gasteiger partial charge >= 0.3 is 12.0 Å². The third-order valence-corrected chi connectivity index (χ3v) is 7.86. The first-order valence-corrected chi connectivity index (χ1v) is 14.4. The zero-order chi connectivity index (χ0) is 31.5. The first-order chi connectivity index (χ1) is 21.8. The third-order valence-electron chi connectivity index (χ3n) is 7.86. The van der Waals surface area contributed by atoms with Crippen molar-refractivity contribution in [1.29, 1.82) is 0 Å². The second-order valence-electron chi connectivity index (χ2n) is 10.6. The molecule has 5 aromatic rings. The highest BCUT2D eigenvalue weighted by Crippen LogP contribution is 2.34. The van der Waals surface area contributed by atoms with Crippen LogP contribution in [0.3, 0.4) is 0 Å². The summed E-state index contributed by atoms with van der Waals surface area (Å²) in [6, 6.07) is 23.1. The molecule has 3 heterocycles. The van der Waals surface area contributed by atoms with E-state index in [1.807, 2.05) is 60.4 Å². The molecule has 1 aliphatic rings. The lowest BCUT2D eigenvalue weighted by Crippen LogP contribution is -2.50. The Bertz CT molecular complexity index is 1890. The Morgan fingerprint density at radius 2 is 1.67 bits per heavy atom. The first-order valence-electron chi connectivity index (χ1n) is 14.4. The summed E-state index contributed by atoms with van der Waals surface area (Å²) in [6.45, 7) is 3.82. The van der Waals surface area contributed by atoms with Crippen LogP contribution in [-0.2, 0) is 0 Å². The molecule has 3 N–H and O–H groups in total. The maximum atomic E-state index is 13.2. The van der Waals surface area contributed by atoms with Gasteiger partial charge in [0.2, 0.25) is 0 Å². The number of aromatic nitrogens is 1. The van der Waals surface area contributed by atoms with E-state index >= 15 is 0 Å². The predicted octanol–water partition coefficient (Wildman–Crippen LogP) is 6.12. The molecule has 6 rings (SSSR count). The van der Waals surface area contributed by atoms with Crippen molar-refractivity contribution in [2.24, 2.45) is 0 Å². The van der Waals surface area contributed by atoms with Gasteiger partial charge in [-0.05, 0) is 55.0 Å². The molecule has 1 saturated heterocycles. The van der Waals surface area contributed by atoms with Crippen LogP contribution in [0.1, 0.15) is 26.5 Å². The lowest BCUT2D eigenvalue weighted by atomic mass is 10.0. The number of pyridine rings is 1. The van der Waals surface area contributed by atoms with E-state index in [1.165, 1.54) is 6.07 Å². The van der Waals surface area contributed by atoms with Crippen LogP contribution >= 0.6 is 0 Å². The number of nitrogens with one attached hydrogen (secondary N) is 2. The number of furan rings is 1. The molecule has 3 amide bonds. The summed E-state index contributed by atoms with van der Waals surface area (Å²) in [7, 11) is 1.64. The van der Waals surface area contributed by atoms with Gasteiger partial charge in [-0.25, -0.2) is 14.6 Å². The molecule has 0 saturated carbocycles. The molecule has 3 aromatic carbocycles. The summed E-state index contributed by atoms with van der Waals surface area (Å²) in [5.41, 5.74) is 4.07. The summed E-state index contributed by atoms with van der Waals surface area (Å²) in [5, 5.41) is 15.8. The minimum atomic E-state index is -1.10. The van der Waals surface area contributed by atoms with Crippen molar-refractivity contribution >= 4 is 46.1 Å². The van der Waals surface area contributed by atoms with Crippen LogP contribution in [0.2, 0.25) is 0 Å². The number of aromatic carboxylic acids is 1. The number of rotatable bonds is 7. The monoisotopic (exact) mass is 605 g/mol. The number of benzene rings is 3. The van der Waals surface area contributed by atoms with Crippen molar-refractivity contribution in [2.75, 3.05) is 48.8 Å². The van der Waals surface area contributed by atoms with Gasteiger partial charge in [0, 0.05) is 42.7 Å². The molecule has 0 atom stereocenters. The summed E-state index contributed by atoms with van der Waals surface area (Å²) in [5.74, 6) is 0.229. The number of carboxylic acids is 1. The van der Waals surface area contributed by atoms with Crippen LogP contribution in [0.5, 0.6) is 5.75 Å². The molecular weight excluding hydrogens is 574 g/mol. The smallest absolute Gasteiger partial charge is 0.337 e. The number of carbonyl (C=O) groups is 3. The largest absolute Gasteiger partial charge is 0.496 e. The van der Waals surface area contributed by atoms with E-state index in [2.05, 4.69) is 15.6 Å². The van der Waals surface area contributed by atoms with Gasteiger partial charge < -0.3 is 34.7 Å². The number of anilines is 3. The van der Waals surface area contributed by atoms with E-state index in [4.69, 9.17) is 9.15 Å². The third kappa shape index (κ3) is 6.00. The average molecular weight is 606 g/mol. The molecule has 228 valence electrons. The highest BCUT2D eigenvalue weighted by molar-refractivity contribution is 6.07. The van der Waals surface area contributed by atoms with E-state index in [9.17, 15) is 19.5 Å². The summed E-state index contributed by atoms with van der Waals surface area (Å²) < 4.78 is 11.5. The van der Waals surface area contributed by atoms with Crippen molar-refractivity contribution in [3.63, 3.8) is 0 Å². The van der Waals surface area contributed by atoms with Gasteiger partial charge in [-0.1, -0.05) is 36.4 Å². The molecule has 1 fully saturated rings. The highest BCUT2D eigenvalue weighted by Gasteiger charge is 2.24. The number of hydrogen-bond donors (Lipinski definition) is 3. The maximum Gasteiger partial charge on any atom is 0.337 e. The molecule has 2 aromatic heterocycles. The summed E-state index contributed by atoms with van der Waals surface area (Å²) >= 11 is 0. The van der Waals surface area contributed by atoms with E-state index < -0.39 is 5.97 Å². The number of para-hydroxylation sites is 2. The van der Waals surface area contributed by atoms with E-state index in [0.29, 0.717) is 43.3 Å². The van der Waals surface area contributed by atoms with E-state index in [1.54, 1.807) is 42.5 Å². The number of carbonyl (C=O) groups excluding carboxylic acids is 2. The van der Waals surface area contributed by atoms with Crippen LogP contribution in [0, 0.1) is 6.92 Å². The average Bonchev–Trinajstić information content (AvgIpc) is 3.40. The molecule has 0 spiro atoms. The van der Waals surface area contributed by atoms with Crippen LogP contribution in [-0.4, -0.2) is 66.2 Å². The molecule has 11 nitrogen and oxygen atoms in total. The van der Waals surface area contributed by atoms with Crippen LogP contribution in [0.15, 0.2) is 89.5 Å². The zero-order valence-corrected chi connectivity index (χ0v) is 24.7. The lowest BCUT2D eigenvalue weighted by molar-refractivity contribution is 0.0697. The van der Waals surface area contributed by atoms with Gasteiger partial charge in [0.1, 0.15) is 17.2 Å². The molecule has 11 heteroatoms. The number of carboxylic acid groups (broad SMARTS) is 1. The Labute approximate surface area is 259 Å². The van der Waals surface area contributed by atoms with Gasteiger partial charge in [-0.2, -0.15) is 0 Å². The minimum absolute atomic E-state index is 0.0367. The number of piperazine rings is 1. The van der Waals surface area contributed by atoms with Crippen LogP contribution in [0.25, 0.3) is 22.1 Å². The van der Waals surface area contributed by atoms with Gasteiger partial charge in [0.15, 0.2) is 5.76 Å². The molecule has 0 aliphatic carbocycles. The standard InChI is InChI=1S/C34H31N5O6/c1-21-26-19-22(24-7-4-6-10-28(24)44-2)11-13-29(26)45-31(21)32(40)36-23-12-14-30(35-20-23)38-15-17-39(18-16-38)34(43)37-27-9-5-3-8-25(27)33(41)42/h3-14,19-20H,15-18H2,1-2H3,(H,36,40)(H,37,43)(H,41,42). The zero-order valence-electron chi connectivity index (χ0n) is 24.7. The number of urea groups is 1. The Morgan fingerprint density at radius 1 is 0.911 bits per heavy atom.